The van der Waals surface area contributed by atoms with Crippen LogP contribution in [0.15, 0.2) is 115 Å². The Morgan fingerprint density at radius 3 is 2.28 bits per heavy atom. The highest BCUT2D eigenvalue weighted by atomic mass is 32.2. The first-order valence-corrected chi connectivity index (χ1v) is 16.0. The summed E-state index contributed by atoms with van der Waals surface area (Å²) in [4.78, 5) is 16.8. The summed E-state index contributed by atoms with van der Waals surface area (Å²) in [5.41, 5.74) is 4.35. The molecule has 1 aliphatic heterocycles. The summed E-state index contributed by atoms with van der Waals surface area (Å²) in [6, 6.07) is 32.1. The number of hydrogen-bond acceptors (Lipinski definition) is 8. The van der Waals surface area contributed by atoms with Crippen LogP contribution in [-0.2, 0) is 22.6 Å². The summed E-state index contributed by atoms with van der Waals surface area (Å²) in [7, 11) is 0. The number of anilines is 1. The van der Waals surface area contributed by atoms with Crippen molar-refractivity contribution in [2.24, 2.45) is 5.92 Å². The normalized spacial score (nSPS) is 19.3. The van der Waals surface area contributed by atoms with Crippen LogP contribution in [0, 0.1) is 5.92 Å². The number of hydrogen-bond donors (Lipinski definition) is 4. The van der Waals surface area contributed by atoms with Crippen LogP contribution in [0.1, 0.15) is 41.6 Å². The highest BCUT2D eigenvalue weighted by molar-refractivity contribution is 7.99. The SMILES string of the molecule is CC1C(CSc2ncn[nH]2)OC(c2ccc(CNC(=O)Nc3ccc(Oc4ccccc4)cc3)cc2)OC1c1ccc(CO)cc1. The predicted octanol–water partition coefficient (Wildman–Crippen LogP) is 6.99. The van der Waals surface area contributed by atoms with Crippen molar-refractivity contribution in [1.29, 1.82) is 0 Å². The maximum Gasteiger partial charge on any atom is 0.319 e. The highest BCUT2D eigenvalue weighted by Crippen LogP contribution is 2.42. The van der Waals surface area contributed by atoms with Gasteiger partial charge < -0.3 is 30.0 Å². The Balaban J connectivity index is 1.06. The smallest absolute Gasteiger partial charge is 0.319 e. The van der Waals surface area contributed by atoms with Gasteiger partial charge in [-0.2, -0.15) is 5.10 Å². The molecule has 46 heavy (non-hydrogen) atoms. The largest absolute Gasteiger partial charge is 0.457 e. The minimum absolute atomic E-state index is 0.00980. The molecule has 4 atom stereocenters. The number of aromatic nitrogens is 3. The fraction of sp³-hybridized carbons (Fsp3) is 0.229. The van der Waals surface area contributed by atoms with Gasteiger partial charge in [0.25, 0.3) is 0 Å². The number of aliphatic hydroxyl groups is 1. The number of H-pyrrole nitrogens is 1. The van der Waals surface area contributed by atoms with Gasteiger partial charge in [0, 0.05) is 29.5 Å². The van der Waals surface area contributed by atoms with Crippen LogP contribution in [0.3, 0.4) is 0 Å². The van der Waals surface area contributed by atoms with E-state index in [1.54, 1.807) is 23.9 Å². The lowest BCUT2D eigenvalue weighted by molar-refractivity contribution is -0.268. The van der Waals surface area contributed by atoms with E-state index in [1.165, 1.54) is 6.33 Å². The van der Waals surface area contributed by atoms with Gasteiger partial charge in [0.2, 0.25) is 0 Å². The van der Waals surface area contributed by atoms with E-state index < -0.39 is 6.29 Å². The molecule has 4 aromatic carbocycles. The van der Waals surface area contributed by atoms with Crippen molar-refractivity contribution in [3.63, 3.8) is 0 Å². The molecule has 10 nitrogen and oxygen atoms in total. The van der Waals surface area contributed by atoms with Gasteiger partial charge in [0.1, 0.15) is 17.8 Å². The van der Waals surface area contributed by atoms with E-state index >= 15 is 0 Å². The molecule has 0 aliphatic carbocycles. The zero-order valence-electron chi connectivity index (χ0n) is 25.2. The third-order valence-electron chi connectivity index (χ3n) is 7.70. The number of carbonyl (C=O) groups is 1. The van der Waals surface area contributed by atoms with Gasteiger partial charge in [-0.15, -0.1) is 0 Å². The molecule has 1 saturated heterocycles. The third-order valence-corrected chi connectivity index (χ3v) is 8.66. The van der Waals surface area contributed by atoms with Crippen molar-refractivity contribution in [2.75, 3.05) is 11.1 Å². The maximum atomic E-state index is 12.6. The average Bonchev–Trinajstić information content (AvgIpc) is 3.62. The summed E-state index contributed by atoms with van der Waals surface area (Å²) in [6.07, 6.45) is 0.569. The second kappa shape index (κ2) is 15.1. The van der Waals surface area contributed by atoms with Crippen LogP contribution in [0.4, 0.5) is 10.5 Å². The van der Waals surface area contributed by atoms with Gasteiger partial charge in [-0.3, -0.25) is 5.10 Å². The van der Waals surface area contributed by atoms with E-state index in [0.717, 1.165) is 33.2 Å². The first kappa shape index (κ1) is 31.3. The lowest BCUT2D eigenvalue weighted by atomic mass is 9.91. The second-order valence-electron chi connectivity index (χ2n) is 10.9. The predicted molar refractivity (Wildman–Crippen MR) is 175 cm³/mol. The maximum absolute atomic E-state index is 12.6. The molecule has 0 radical (unpaired) electrons. The number of aromatic amines is 1. The average molecular weight is 638 g/mol. The third kappa shape index (κ3) is 8.12. The first-order valence-electron chi connectivity index (χ1n) is 15.0. The molecule has 6 rings (SSSR count). The van der Waals surface area contributed by atoms with E-state index in [2.05, 4.69) is 32.7 Å². The Hall–Kier alpha value is -4.68. The van der Waals surface area contributed by atoms with Crippen molar-refractivity contribution in [1.82, 2.24) is 20.5 Å². The molecular formula is C35H35N5O5S. The van der Waals surface area contributed by atoms with Crippen molar-refractivity contribution in [3.05, 3.63) is 132 Å². The van der Waals surface area contributed by atoms with Crippen LogP contribution in [0.25, 0.3) is 0 Å². The molecule has 5 aromatic rings. The molecule has 236 valence electrons. The monoisotopic (exact) mass is 637 g/mol. The number of carbonyl (C=O) groups excluding carboxylic acids is 1. The lowest BCUT2D eigenvalue weighted by Gasteiger charge is -2.41. The number of ether oxygens (including phenoxy) is 3. The number of thioether (sulfide) groups is 1. The van der Waals surface area contributed by atoms with Crippen LogP contribution >= 0.6 is 11.8 Å². The molecule has 0 spiro atoms. The van der Waals surface area contributed by atoms with Crippen molar-refractivity contribution < 1.29 is 24.1 Å². The molecule has 0 bridgehead atoms. The van der Waals surface area contributed by atoms with E-state index in [1.807, 2.05) is 91.0 Å². The molecule has 1 fully saturated rings. The van der Waals surface area contributed by atoms with Crippen molar-refractivity contribution in [2.45, 2.75) is 43.7 Å². The molecule has 2 amide bonds. The number of amides is 2. The molecule has 0 saturated carbocycles. The van der Waals surface area contributed by atoms with Crippen LogP contribution in [0.5, 0.6) is 11.5 Å². The zero-order valence-corrected chi connectivity index (χ0v) is 26.0. The minimum Gasteiger partial charge on any atom is -0.457 e. The molecule has 2 heterocycles. The Morgan fingerprint density at radius 1 is 0.891 bits per heavy atom. The molecule has 11 heteroatoms. The van der Waals surface area contributed by atoms with Gasteiger partial charge in [0.15, 0.2) is 11.4 Å². The fourth-order valence-electron chi connectivity index (χ4n) is 5.12. The van der Waals surface area contributed by atoms with Crippen molar-refractivity contribution in [3.8, 4) is 11.5 Å². The van der Waals surface area contributed by atoms with Gasteiger partial charge in [-0.05, 0) is 53.1 Å². The summed E-state index contributed by atoms with van der Waals surface area (Å²) in [5, 5.41) is 22.8. The Labute approximate surface area is 271 Å². The van der Waals surface area contributed by atoms with Crippen LogP contribution in [-0.4, -0.2) is 38.2 Å². The summed E-state index contributed by atoms with van der Waals surface area (Å²) >= 11 is 1.56. The molecule has 4 N–H and O–H groups in total. The topological polar surface area (TPSA) is 131 Å². The van der Waals surface area contributed by atoms with E-state index in [0.29, 0.717) is 23.7 Å². The minimum atomic E-state index is -0.585. The summed E-state index contributed by atoms with van der Waals surface area (Å²) < 4.78 is 18.8. The van der Waals surface area contributed by atoms with Crippen molar-refractivity contribution >= 4 is 23.5 Å². The Bertz CT molecular complexity index is 1670. The molecular weight excluding hydrogens is 602 g/mol. The quantitative estimate of drug-likeness (QED) is 0.114. The number of aliphatic hydroxyl groups excluding tert-OH is 1. The number of rotatable bonds is 11. The fourth-order valence-corrected chi connectivity index (χ4v) is 6.06. The second-order valence-corrected chi connectivity index (χ2v) is 11.9. The van der Waals surface area contributed by atoms with Gasteiger partial charge in [-0.1, -0.05) is 85.4 Å². The first-order chi connectivity index (χ1) is 22.5. The van der Waals surface area contributed by atoms with Gasteiger partial charge in [0.05, 0.1) is 18.8 Å². The molecule has 1 aromatic heterocycles. The van der Waals surface area contributed by atoms with E-state index in [9.17, 15) is 9.90 Å². The molecule has 1 aliphatic rings. The van der Waals surface area contributed by atoms with E-state index in [-0.39, 0.29) is 30.8 Å². The van der Waals surface area contributed by atoms with Gasteiger partial charge >= 0.3 is 6.03 Å². The van der Waals surface area contributed by atoms with E-state index in [4.69, 9.17) is 14.2 Å². The number of nitrogens with one attached hydrogen (secondary N) is 3. The lowest BCUT2D eigenvalue weighted by Crippen LogP contribution is -2.38. The number of urea groups is 1. The summed E-state index contributed by atoms with van der Waals surface area (Å²) in [6.45, 7) is 2.46. The Morgan fingerprint density at radius 2 is 1.59 bits per heavy atom. The number of nitrogens with zero attached hydrogens (tertiary/aromatic N) is 2. The number of para-hydroxylation sites is 1. The van der Waals surface area contributed by atoms with Crippen LogP contribution in [0.2, 0.25) is 0 Å². The summed E-state index contributed by atoms with van der Waals surface area (Å²) in [5.74, 6) is 2.16. The zero-order chi connectivity index (χ0) is 31.7. The standard InChI is InChI=1S/C35H35N5O5S/c1-23-31(21-46-35-37-22-38-40-35)44-33(45-32(23)26-11-9-25(20-41)10-12-26)27-13-7-24(8-14-27)19-36-34(42)39-28-15-17-30(18-16-28)43-29-5-3-2-4-6-29/h2-18,22-23,31-33,41H,19-21H2,1H3,(H2,36,39,42)(H,37,38,40). The Kier molecular flexibility index (Phi) is 10.3. The van der Waals surface area contributed by atoms with Gasteiger partial charge in [-0.25, -0.2) is 9.78 Å². The highest BCUT2D eigenvalue weighted by Gasteiger charge is 2.38. The molecule has 4 unspecified atom stereocenters. The van der Waals surface area contributed by atoms with Crippen LogP contribution < -0.4 is 15.4 Å². The number of benzene rings is 4.